The number of amides is 1. The summed E-state index contributed by atoms with van der Waals surface area (Å²) in [4.78, 5) is 14.7. The molecule has 1 amide bonds. The Bertz CT molecular complexity index is 1150. The minimum Gasteiger partial charge on any atom is -0.507 e. The second-order valence-corrected chi connectivity index (χ2v) is 9.38. The van der Waals surface area contributed by atoms with Gasteiger partial charge in [0.25, 0.3) is 5.91 Å². The van der Waals surface area contributed by atoms with E-state index in [1.807, 2.05) is 19.1 Å². The van der Waals surface area contributed by atoms with Gasteiger partial charge in [-0.15, -0.1) is 0 Å². The molecule has 0 unspecified atom stereocenters. The lowest BCUT2D eigenvalue weighted by Gasteiger charge is -2.27. The number of carbonyl (C=O) groups excluding carboxylic acids is 1. The molecule has 0 fully saturated rings. The number of aliphatic hydroxyl groups excluding tert-OH is 1. The second kappa shape index (κ2) is 7.70. The van der Waals surface area contributed by atoms with Crippen molar-refractivity contribution in [3.63, 3.8) is 0 Å². The Hall–Kier alpha value is -2.83. The largest absolute Gasteiger partial charge is 0.507 e. The normalized spacial score (nSPS) is 16.1. The van der Waals surface area contributed by atoms with Gasteiger partial charge in [-0.3, -0.25) is 9.89 Å². The highest BCUT2D eigenvalue weighted by atomic mass is 35.5. The number of H-pyrrole nitrogens is 1. The molecule has 162 valence electrons. The van der Waals surface area contributed by atoms with E-state index < -0.39 is 6.04 Å². The third kappa shape index (κ3) is 3.60. The first-order valence-corrected chi connectivity index (χ1v) is 10.6. The number of halogens is 1. The molecule has 2 heterocycles. The summed E-state index contributed by atoms with van der Waals surface area (Å²) < 4.78 is 0. The Morgan fingerprint density at radius 2 is 1.87 bits per heavy atom. The van der Waals surface area contributed by atoms with Gasteiger partial charge in [-0.05, 0) is 41.2 Å². The van der Waals surface area contributed by atoms with Crippen molar-refractivity contribution in [2.24, 2.45) is 0 Å². The zero-order valence-electron chi connectivity index (χ0n) is 18.0. The molecular formula is C24H26ClN3O3. The minimum absolute atomic E-state index is 0.00517. The van der Waals surface area contributed by atoms with E-state index in [-0.39, 0.29) is 30.2 Å². The fourth-order valence-corrected chi connectivity index (χ4v) is 4.27. The number of carbonyl (C=O) groups is 1. The molecule has 3 aromatic rings. The molecule has 0 spiro atoms. The number of aliphatic hydroxyl groups is 1. The number of hydrogen-bond acceptors (Lipinski definition) is 4. The summed E-state index contributed by atoms with van der Waals surface area (Å²) >= 11 is 6.31. The van der Waals surface area contributed by atoms with Gasteiger partial charge in [0.2, 0.25) is 0 Å². The van der Waals surface area contributed by atoms with Crippen LogP contribution in [-0.2, 0) is 5.41 Å². The van der Waals surface area contributed by atoms with Gasteiger partial charge in [-0.25, -0.2) is 0 Å². The predicted molar refractivity (Wildman–Crippen MR) is 121 cm³/mol. The Morgan fingerprint density at radius 1 is 1.19 bits per heavy atom. The van der Waals surface area contributed by atoms with Crippen LogP contribution in [0.15, 0.2) is 36.4 Å². The van der Waals surface area contributed by atoms with Crippen molar-refractivity contribution in [1.82, 2.24) is 15.1 Å². The van der Waals surface area contributed by atoms with E-state index in [1.165, 1.54) is 5.56 Å². The molecule has 0 saturated heterocycles. The van der Waals surface area contributed by atoms with Gasteiger partial charge in [0.1, 0.15) is 17.1 Å². The number of rotatable bonds is 4. The molecule has 3 N–H and O–H groups in total. The average molecular weight is 440 g/mol. The van der Waals surface area contributed by atoms with Gasteiger partial charge in [0.05, 0.1) is 12.6 Å². The zero-order chi connectivity index (χ0) is 22.5. The van der Waals surface area contributed by atoms with Gasteiger partial charge >= 0.3 is 0 Å². The fourth-order valence-electron chi connectivity index (χ4n) is 4.11. The molecule has 6 nitrogen and oxygen atoms in total. The van der Waals surface area contributed by atoms with Crippen molar-refractivity contribution in [3.05, 3.63) is 69.4 Å². The summed E-state index contributed by atoms with van der Waals surface area (Å²) in [5.41, 5.74) is 4.84. The molecule has 2 aromatic carbocycles. The summed E-state index contributed by atoms with van der Waals surface area (Å²) in [6, 6.07) is 11.0. The molecule has 0 saturated carbocycles. The van der Waals surface area contributed by atoms with E-state index in [0.717, 1.165) is 11.1 Å². The molecular weight excluding hydrogens is 414 g/mol. The third-order valence-corrected chi connectivity index (χ3v) is 6.24. The van der Waals surface area contributed by atoms with Gasteiger partial charge < -0.3 is 15.1 Å². The van der Waals surface area contributed by atoms with Crippen molar-refractivity contribution >= 4 is 17.5 Å². The summed E-state index contributed by atoms with van der Waals surface area (Å²) in [6.45, 7) is 8.29. The molecule has 0 radical (unpaired) electrons. The number of aryl methyl sites for hydroxylation is 1. The number of nitrogens with one attached hydrogen (secondary N) is 1. The first-order valence-electron chi connectivity index (χ1n) is 10.2. The number of aromatic nitrogens is 2. The Labute approximate surface area is 186 Å². The average Bonchev–Trinajstić information content (AvgIpc) is 3.24. The van der Waals surface area contributed by atoms with E-state index in [9.17, 15) is 15.0 Å². The molecule has 1 aromatic heterocycles. The lowest BCUT2D eigenvalue weighted by molar-refractivity contribution is 0.0706. The standard InChI is InChI=1S/C24H26ClN3O3/c1-13-11-18(30)16(12-17(13)25)20-19-21(27-26-20)23(31)28(9-10-29)22(19)14-5-7-15(8-6-14)24(2,3)4/h5-8,11-12,22,29-30H,9-10H2,1-4H3,(H,26,27)/t22-/m1/s1. The number of aromatic hydroxyl groups is 1. The highest BCUT2D eigenvalue weighted by Gasteiger charge is 2.42. The number of hydrogen-bond donors (Lipinski definition) is 3. The molecule has 1 aliphatic rings. The molecule has 31 heavy (non-hydrogen) atoms. The van der Waals surface area contributed by atoms with Crippen molar-refractivity contribution in [1.29, 1.82) is 0 Å². The number of aromatic amines is 1. The first-order chi connectivity index (χ1) is 14.6. The van der Waals surface area contributed by atoms with Crippen molar-refractivity contribution in [3.8, 4) is 17.0 Å². The quantitative estimate of drug-likeness (QED) is 0.555. The van der Waals surface area contributed by atoms with Gasteiger partial charge in [-0.2, -0.15) is 5.10 Å². The highest BCUT2D eigenvalue weighted by molar-refractivity contribution is 6.31. The highest BCUT2D eigenvalue weighted by Crippen LogP contribution is 2.45. The molecule has 4 rings (SSSR count). The van der Waals surface area contributed by atoms with Crippen LogP contribution in [0, 0.1) is 6.92 Å². The van der Waals surface area contributed by atoms with Gasteiger partial charge in [0.15, 0.2) is 0 Å². The number of fused-ring (bicyclic) bond motifs is 1. The number of β-amino-alcohol motifs (C(OH)–C–C–N with tert-alkyl or cyclic N) is 1. The van der Waals surface area contributed by atoms with Crippen LogP contribution in [0.5, 0.6) is 5.75 Å². The lowest BCUT2D eigenvalue weighted by Crippen LogP contribution is -2.32. The van der Waals surface area contributed by atoms with Crippen molar-refractivity contribution in [2.75, 3.05) is 13.2 Å². The lowest BCUT2D eigenvalue weighted by atomic mass is 9.85. The molecule has 7 heteroatoms. The number of phenolic OH excluding ortho intramolecular Hbond substituents is 1. The van der Waals surface area contributed by atoms with Gasteiger partial charge in [0, 0.05) is 22.7 Å². The van der Waals surface area contributed by atoms with Crippen LogP contribution >= 0.6 is 11.6 Å². The predicted octanol–water partition coefficient (Wildman–Crippen LogP) is 4.58. The number of phenols is 1. The van der Waals surface area contributed by atoms with Gasteiger partial charge in [-0.1, -0.05) is 56.6 Å². The zero-order valence-corrected chi connectivity index (χ0v) is 18.8. The van der Waals surface area contributed by atoms with Crippen LogP contribution in [0.3, 0.4) is 0 Å². The number of benzene rings is 2. The van der Waals surface area contributed by atoms with Crippen LogP contribution in [-0.4, -0.2) is 44.4 Å². The Balaban J connectivity index is 1.88. The number of nitrogens with zero attached hydrogens (tertiary/aromatic N) is 2. The Morgan fingerprint density at radius 3 is 2.48 bits per heavy atom. The summed E-state index contributed by atoms with van der Waals surface area (Å²) in [6.07, 6.45) is 0. The maximum atomic E-state index is 13.1. The van der Waals surface area contributed by atoms with Crippen molar-refractivity contribution < 1.29 is 15.0 Å². The monoisotopic (exact) mass is 439 g/mol. The topological polar surface area (TPSA) is 89.5 Å². The Kier molecular flexibility index (Phi) is 5.31. The molecule has 0 aliphatic carbocycles. The summed E-state index contributed by atoms with van der Waals surface area (Å²) in [5.74, 6) is -0.184. The SMILES string of the molecule is Cc1cc(O)c(-c2n[nH]c3c2[C@@H](c2ccc(C(C)(C)C)cc2)N(CCO)C3=O)cc1Cl. The van der Waals surface area contributed by atoms with Crippen LogP contribution < -0.4 is 0 Å². The molecule has 1 aliphatic heterocycles. The summed E-state index contributed by atoms with van der Waals surface area (Å²) in [5, 5.41) is 27.9. The maximum absolute atomic E-state index is 13.1. The van der Waals surface area contributed by atoms with Crippen LogP contribution in [0.1, 0.15) is 59.6 Å². The van der Waals surface area contributed by atoms with Crippen LogP contribution in [0.4, 0.5) is 0 Å². The second-order valence-electron chi connectivity index (χ2n) is 8.98. The maximum Gasteiger partial charge on any atom is 0.273 e. The van der Waals surface area contributed by atoms with E-state index in [2.05, 4.69) is 43.1 Å². The first kappa shape index (κ1) is 21.4. The summed E-state index contributed by atoms with van der Waals surface area (Å²) in [7, 11) is 0. The van der Waals surface area contributed by atoms with Crippen LogP contribution in [0.2, 0.25) is 5.02 Å². The van der Waals surface area contributed by atoms with Crippen molar-refractivity contribution in [2.45, 2.75) is 39.2 Å². The van der Waals surface area contributed by atoms with E-state index in [0.29, 0.717) is 27.5 Å². The minimum atomic E-state index is -0.433. The van der Waals surface area contributed by atoms with Crippen LogP contribution in [0.25, 0.3) is 11.3 Å². The fraction of sp³-hybridized carbons (Fsp3) is 0.333. The smallest absolute Gasteiger partial charge is 0.273 e. The van der Waals surface area contributed by atoms with E-state index in [4.69, 9.17) is 11.6 Å². The van der Waals surface area contributed by atoms with E-state index in [1.54, 1.807) is 17.0 Å². The molecule has 1 atom stereocenters. The third-order valence-electron chi connectivity index (χ3n) is 5.83. The van der Waals surface area contributed by atoms with E-state index >= 15 is 0 Å². The molecule has 0 bridgehead atoms.